The van der Waals surface area contributed by atoms with Gasteiger partial charge >= 0.3 is 134 Å². The first-order valence-electron chi connectivity index (χ1n) is 3.58. The summed E-state index contributed by atoms with van der Waals surface area (Å²) in [5.74, 6) is 0. The van der Waals surface area contributed by atoms with Gasteiger partial charge in [-0.3, -0.25) is 0 Å². The Morgan fingerprint density at radius 1 is 0.300 bits per heavy atom. The fourth-order valence-corrected chi connectivity index (χ4v) is 0. The molecule has 0 radical (unpaired) electrons. The maximum Gasteiger partial charge on any atom is 1.00 e. The van der Waals surface area contributed by atoms with Crippen molar-refractivity contribution in [1.29, 1.82) is 0 Å². The minimum Gasteiger partial charge on any atom is -0.777 e. The van der Waals surface area contributed by atoms with Gasteiger partial charge in [0.05, 0.1) is 0 Å². The molecule has 0 rings (SSSR count). The van der Waals surface area contributed by atoms with Crippen LogP contribution in [0.3, 0.4) is 0 Å². The van der Waals surface area contributed by atoms with Gasteiger partial charge in [0.1, 0.15) is 0 Å². The number of halogens is 6. The standard InChI is InChI=1S/6Ag.6FH2O2P/c;;;;;;6*1-4(2)3/h;;;;;;6*4H,(H,2,3)/q6*+1;;;;;;/p-6. The average Bonchev–Trinajstić information content (AvgIpc) is 2.08. The van der Waals surface area contributed by atoms with Gasteiger partial charge < -0.3 is 56.8 Å². The molecule has 0 saturated carbocycles. The number of hydrogen-bond donors (Lipinski definition) is 0. The molecule has 0 aromatic rings. The summed E-state index contributed by atoms with van der Waals surface area (Å²) < 4.78 is 110. The summed E-state index contributed by atoms with van der Waals surface area (Å²) in [6.45, 7) is 0. The molecule has 0 aromatic carbocycles. The third-order valence-corrected chi connectivity index (χ3v) is 0. The van der Waals surface area contributed by atoms with E-state index >= 15 is 0 Å². The molecule has 0 spiro atoms. The van der Waals surface area contributed by atoms with Crippen molar-refractivity contribution in [3.63, 3.8) is 0 Å². The second-order valence-corrected chi connectivity index (χ2v) is 4.28. The SMILES string of the molecule is O=[PH]([O-])F.O=[PH]([O-])F.O=[PH]([O-])F.O=[PH]([O-])F.O=[PH]([O-])F.O=[PH]([O-])F.[Ag+].[Ag+].[Ag+].[Ag+].[Ag+].[Ag+]. The van der Waals surface area contributed by atoms with Crippen LogP contribution in [0.4, 0.5) is 25.2 Å². The summed E-state index contributed by atoms with van der Waals surface area (Å²) in [5.41, 5.74) is 0. The van der Waals surface area contributed by atoms with E-state index in [1.165, 1.54) is 0 Å². The second-order valence-electron chi connectivity index (χ2n) is 1.43. The zero-order valence-corrected chi connectivity index (χ0v) is 26.9. The summed E-state index contributed by atoms with van der Waals surface area (Å²) >= 11 is 0. The van der Waals surface area contributed by atoms with E-state index in [0.29, 0.717) is 0 Å². The predicted molar refractivity (Wildman–Crippen MR) is 60.7 cm³/mol. The van der Waals surface area contributed by atoms with E-state index in [9.17, 15) is 25.2 Å². The topological polar surface area (TPSA) is 241 Å². The van der Waals surface area contributed by atoms with Gasteiger partial charge in [-0.25, -0.2) is 25.2 Å². The molecule has 30 heavy (non-hydrogen) atoms. The maximum absolute atomic E-state index is 9.99. The molecular formula is H6Ag6F6O12P6. The Labute approximate surface area is 262 Å². The van der Waals surface area contributed by atoms with E-state index in [1.54, 1.807) is 0 Å². The molecule has 216 valence electrons. The molecule has 0 aliphatic heterocycles. The van der Waals surface area contributed by atoms with Crippen LogP contribution in [0.5, 0.6) is 0 Å². The van der Waals surface area contributed by atoms with Gasteiger partial charge in [0.25, 0.3) is 0 Å². The number of hydrogen-bond acceptors (Lipinski definition) is 12. The average molecular weight is 1150 g/mol. The van der Waals surface area contributed by atoms with Crippen molar-refractivity contribution in [2.75, 3.05) is 0 Å². The quantitative estimate of drug-likeness (QED) is 0.149. The van der Waals surface area contributed by atoms with E-state index < -0.39 is 50.0 Å². The largest absolute Gasteiger partial charge is 1.00 e. The first-order chi connectivity index (χ1) is 10.4. The van der Waals surface area contributed by atoms with Crippen LogP contribution in [0.2, 0.25) is 0 Å². The van der Waals surface area contributed by atoms with Crippen LogP contribution >= 0.6 is 50.0 Å². The smallest absolute Gasteiger partial charge is 0.777 e. The zero-order chi connectivity index (χ0) is 21.5. The first-order valence-corrected chi connectivity index (χ1v) is 10.8. The summed E-state index contributed by atoms with van der Waals surface area (Å²) in [6, 6.07) is 0. The molecule has 0 aliphatic carbocycles. The predicted octanol–water partition coefficient (Wildman–Crippen LogP) is -1.78. The van der Waals surface area contributed by atoms with Crippen LogP contribution in [0.15, 0.2) is 0 Å². The Kier molecular flexibility index (Phi) is 179. The Balaban J connectivity index is -0.0000000125. The van der Waals surface area contributed by atoms with Gasteiger partial charge in [-0.15, -0.1) is 0 Å². The Morgan fingerprint density at radius 3 is 0.300 bits per heavy atom. The van der Waals surface area contributed by atoms with E-state index in [0.717, 1.165) is 0 Å². The van der Waals surface area contributed by atoms with Crippen molar-refractivity contribution in [2.45, 2.75) is 0 Å². The second kappa shape index (κ2) is 70.0. The van der Waals surface area contributed by atoms with Crippen molar-refractivity contribution in [1.82, 2.24) is 0 Å². The molecule has 0 bridgehead atoms. The van der Waals surface area contributed by atoms with Crippen LogP contribution in [0.25, 0.3) is 0 Å². The fourth-order valence-electron chi connectivity index (χ4n) is 0. The van der Waals surface area contributed by atoms with Crippen molar-refractivity contribution in [3.05, 3.63) is 0 Å². The molecule has 30 heteroatoms. The van der Waals surface area contributed by atoms with E-state index in [4.69, 9.17) is 56.8 Å². The van der Waals surface area contributed by atoms with Crippen molar-refractivity contribution in [2.24, 2.45) is 0 Å². The number of rotatable bonds is 0. The third-order valence-electron chi connectivity index (χ3n) is 0. The van der Waals surface area contributed by atoms with Crippen molar-refractivity contribution < 1.29 is 216 Å². The molecule has 0 N–H and O–H groups in total. The van der Waals surface area contributed by atoms with Gasteiger partial charge in [-0.05, 0) is 0 Å². The zero-order valence-electron chi connectivity index (χ0n) is 12.0. The van der Waals surface area contributed by atoms with Gasteiger partial charge in [0.15, 0.2) is 50.0 Å². The van der Waals surface area contributed by atoms with Gasteiger partial charge in [-0.2, -0.15) is 0 Å². The Morgan fingerprint density at radius 2 is 0.300 bits per heavy atom. The van der Waals surface area contributed by atoms with Gasteiger partial charge in [0, 0.05) is 0 Å². The first kappa shape index (κ1) is 76.5. The summed E-state index contributed by atoms with van der Waals surface area (Å²) in [6.07, 6.45) is 0. The Bertz CT molecular complexity index is 289. The van der Waals surface area contributed by atoms with Crippen LogP contribution in [-0.2, 0) is 162 Å². The monoisotopic (exact) mass is 1140 g/mol. The molecule has 0 amide bonds. The molecule has 0 fully saturated rings. The maximum atomic E-state index is 9.99. The van der Waals surface area contributed by atoms with Crippen LogP contribution in [-0.4, -0.2) is 0 Å². The summed E-state index contributed by atoms with van der Waals surface area (Å²) in [5, 5.41) is 0. The van der Waals surface area contributed by atoms with E-state index in [2.05, 4.69) is 0 Å². The minimum atomic E-state index is -3.88. The van der Waals surface area contributed by atoms with Crippen LogP contribution in [0, 0.1) is 0 Å². The molecule has 12 nitrogen and oxygen atoms in total. The molecule has 0 saturated heterocycles. The van der Waals surface area contributed by atoms with Crippen molar-refractivity contribution >= 4 is 50.0 Å². The summed E-state index contributed by atoms with van der Waals surface area (Å²) in [4.78, 5) is 50.4. The van der Waals surface area contributed by atoms with Crippen LogP contribution in [0.1, 0.15) is 0 Å². The van der Waals surface area contributed by atoms with Gasteiger partial charge in [0.2, 0.25) is 0 Å². The summed E-state index contributed by atoms with van der Waals surface area (Å²) in [7, 11) is -23.3. The molecule has 6 unspecified atom stereocenters. The van der Waals surface area contributed by atoms with Crippen molar-refractivity contribution in [3.8, 4) is 0 Å². The minimum absolute atomic E-state index is 0. The van der Waals surface area contributed by atoms with Gasteiger partial charge in [-0.1, -0.05) is 0 Å². The molecule has 0 heterocycles. The Hall–Kier alpha value is 5.16. The normalized spacial score (nSPS) is 12.4. The fraction of sp³-hybridized carbons (Fsp3) is 0. The molecule has 0 aliphatic rings. The van der Waals surface area contributed by atoms with Crippen LogP contribution < -0.4 is 29.4 Å². The molecule has 0 aromatic heterocycles. The third kappa shape index (κ3) is 1290. The van der Waals surface area contributed by atoms with E-state index in [1.807, 2.05) is 0 Å². The van der Waals surface area contributed by atoms with E-state index in [-0.39, 0.29) is 134 Å². The molecular weight excluding hydrogens is 1140 g/mol. The molecule has 6 atom stereocenters.